The minimum atomic E-state index is -1.98. The zero-order chi connectivity index (χ0) is 60.5. The zero-order valence-electron chi connectivity index (χ0n) is 50.4. The molecule has 19 heteroatoms. The summed E-state index contributed by atoms with van der Waals surface area (Å²) in [6.07, 6.45) is 27.2. The van der Waals surface area contributed by atoms with Crippen molar-refractivity contribution in [3.63, 3.8) is 0 Å². The van der Waals surface area contributed by atoms with Crippen LogP contribution in [0.25, 0.3) is 0 Å². The summed E-state index contributed by atoms with van der Waals surface area (Å²) < 4.78 is 34.3. The van der Waals surface area contributed by atoms with E-state index >= 15 is 0 Å². The molecule has 17 atom stereocenters. The van der Waals surface area contributed by atoms with Crippen molar-refractivity contribution in [2.45, 2.75) is 311 Å². The first kappa shape index (κ1) is 74.7. The van der Waals surface area contributed by atoms with E-state index in [-0.39, 0.29) is 18.9 Å². The monoisotopic (exact) mass is 1180 g/mol. The van der Waals surface area contributed by atoms with Gasteiger partial charge < -0.3 is 89.9 Å². The summed E-state index contributed by atoms with van der Waals surface area (Å²) in [5.41, 5.74) is 0. The molecule has 482 valence electrons. The summed E-state index contributed by atoms with van der Waals surface area (Å²) in [7, 11) is 0. The van der Waals surface area contributed by atoms with Crippen LogP contribution >= 0.6 is 0 Å². The third-order valence-corrected chi connectivity index (χ3v) is 15.9. The van der Waals surface area contributed by atoms with E-state index in [2.05, 4.69) is 79.9 Å². The predicted octanol–water partition coefficient (Wildman–Crippen LogP) is 6.82. The normalized spacial score (nSPS) is 29.8. The van der Waals surface area contributed by atoms with Gasteiger partial charge in [0.2, 0.25) is 5.91 Å². The van der Waals surface area contributed by atoms with Crippen LogP contribution in [0.4, 0.5) is 0 Å². The molecule has 3 fully saturated rings. The topological polar surface area (TPSA) is 307 Å². The molecule has 3 heterocycles. The van der Waals surface area contributed by atoms with Crippen LogP contribution in [0.5, 0.6) is 0 Å². The number of hydrogen-bond donors (Lipinski definition) is 12. The SMILES string of the molecule is CC/C=C\C/C=C\C/C=C\C/C=C\C/C=C\CCCCCCCCCC(=O)NC(COC1OC(CO)C(OC2OC(CO)C(OC3OC(CO)C(O)C(O)C3O)C(O)C2O)C(O)C1O)C(O)CCCCCCCCCCCCCCCCC. The molecule has 0 aromatic heterocycles. The van der Waals surface area contributed by atoms with E-state index in [4.69, 9.17) is 28.4 Å². The molecule has 3 aliphatic rings. The van der Waals surface area contributed by atoms with Gasteiger partial charge in [0, 0.05) is 6.42 Å². The van der Waals surface area contributed by atoms with Crippen molar-refractivity contribution < 1.29 is 89.4 Å². The van der Waals surface area contributed by atoms with E-state index in [1.54, 1.807) is 0 Å². The molecule has 3 aliphatic heterocycles. The van der Waals surface area contributed by atoms with Crippen LogP contribution in [0.2, 0.25) is 0 Å². The Bertz CT molecular complexity index is 1750. The molecule has 17 unspecified atom stereocenters. The average molecular weight is 1180 g/mol. The summed E-state index contributed by atoms with van der Waals surface area (Å²) in [5.74, 6) is -0.256. The van der Waals surface area contributed by atoms with Crippen LogP contribution in [-0.2, 0) is 33.2 Å². The Balaban J connectivity index is 1.46. The van der Waals surface area contributed by atoms with E-state index in [0.717, 1.165) is 103 Å². The van der Waals surface area contributed by atoms with Crippen molar-refractivity contribution in [3.05, 3.63) is 60.8 Å². The molecule has 0 radical (unpaired) electrons. The lowest BCUT2D eigenvalue weighted by Crippen LogP contribution is -2.66. The Labute approximate surface area is 496 Å². The van der Waals surface area contributed by atoms with Crippen LogP contribution in [0.15, 0.2) is 60.8 Å². The highest BCUT2D eigenvalue weighted by Crippen LogP contribution is 2.33. The third-order valence-electron chi connectivity index (χ3n) is 15.9. The second-order valence-electron chi connectivity index (χ2n) is 22.8. The number of unbranched alkanes of at least 4 members (excludes halogenated alkanes) is 21. The molecule has 0 saturated carbocycles. The molecule has 0 aromatic carbocycles. The van der Waals surface area contributed by atoms with Gasteiger partial charge in [-0.2, -0.15) is 0 Å². The minimum Gasteiger partial charge on any atom is -0.394 e. The number of aliphatic hydroxyl groups is 11. The summed E-state index contributed by atoms with van der Waals surface area (Å²) in [6.45, 7) is 1.66. The van der Waals surface area contributed by atoms with E-state index in [0.29, 0.717) is 12.8 Å². The quantitative estimate of drug-likeness (QED) is 0.0220. The molecule has 12 N–H and O–H groups in total. The van der Waals surface area contributed by atoms with Crippen LogP contribution in [0.1, 0.15) is 206 Å². The van der Waals surface area contributed by atoms with Gasteiger partial charge in [-0.05, 0) is 57.8 Å². The molecule has 0 aromatic rings. The van der Waals surface area contributed by atoms with Gasteiger partial charge >= 0.3 is 0 Å². The Hall–Kier alpha value is -2.51. The lowest BCUT2D eigenvalue weighted by atomic mass is 9.96. The summed E-state index contributed by atoms with van der Waals surface area (Å²) in [5, 5.41) is 120. The average Bonchev–Trinajstić information content (AvgIpc) is 3.18. The van der Waals surface area contributed by atoms with Crippen LogP contribution < -0.4 is 5.32 Å². The second kappa shape index (κ2) is 46.6. The fourth-order valence-electron chi connectivity index (χ4n) is 10.6. The second-order valence-corrected chi connectivity index (χ2v) is 22.8. The van der Waals surface area contributed by atoms with Crippen molar-refractivity contribution in [3.8, 4) is 0 Å². The van der Waals surface area contributed by atoms with Gasteiger partial charge in [-0.15, -0.1) is 0 Å². The Morgan fingerprint density at radius 2 is 0.831 bits per heavy atom. The van der Waals surface area contributed by atoms with Crippen molar-refractivity contribution >= 4 is 5.91 Å². The van der Waals surface area contributed by atoms with Crippen LogP contribution in [0, 0.1) is 0 Å². The lowest BCUT2D eigenvalue weighted by molar-refractivity contribution is -0.379. The van der Waals surface area contributed by atoms with Crippen LogP contribution in [0.3, 0.4) is 0 Å². The van der Waals surface area contributed by atoms with Gasteiger partial charge in [-0.25, -0.2) is 0 Å². The smallest absolute Gasteiger partial charge is 0.220 e. The van der Waals surface area contributed by atoms with Crippen molar-refractivity contribution in [1.29, 1.82) is 0 Å². The molecule has 19 nitrogen and oxygen atoms in total. The number of carbonyl (C=O) groups excluding carboxylic acids is 1. The number of aliphatic hydroxyl groups excluding tert-OH is 11. The van der Waals surface area contributed by atoms with Crippen LogP contribution in [-0.4, -0.2) is 193 Å². The van der Waals surface area contributed by atoms with Crippen molar-refractivity contribution in [2.75, 3.05) is 26.4 Å². The molecule has 83 heavy (non-hydrogen) atoms. The summed E-state index contributed by atoms with van der Waals surface area (Å²) in [6, 6.07) is -0.896. The van der Waals surface area contributed by atoms with Gasteiger partial charge in [-0.3, -0.25) is 4.79 Å². The standard InChI is InChI=1S/C64H113NO18/c1-3-5-7-9-11-13-15-17-19-20-21-22-23-24-25-26-28-30-32-34-36-38-40-42-52(70)65-47(48(69)41-39-37-35-33-31-29-27-18-16-14-12-10-8-6-4-2)46-78-62-58(76)55(73)60(50(44-67)80-62)83-64-59(77)56(74)61(51(45-68)81-64)82-63-57(75)54(72)53(71)49(43-66)79-63/h5,7,11,13,17,19,21-22,24-25,47-51,53-64,66-69,71-77H,3-4,6,8-10,12,14-16,18,20,23,26-46H2,1-2H3,(H,65,70)/b7-5-,13-11-,19-17-,22-21-,25-24-. The Morgan fingerprint density at radius 1 is 0.446 bits per heavy atom. The van der Waals surface area contributed by atoms with E-state index < -0.39 is 124 Å². The fraction of sp³-hybridized carbons (Fsp3) is 0.828. The van der Waals surface area contributed by atoms with Gasteiger partial charge in [-0.1, -0.05) is 203 Å². The maximum atomic E-state index is 13.4. The van der Waals surface area contributed by atoms with E-state index in [1.165, 1.54) is 70.6 Å². The van der Waals surface area contributed by atoms with Gasteiger partial charge in [0.15, 0.2) is 18.9 Å². The fourth-order valence-corrected chi connectivity index (χ4v) is 10.6. The zero-order valence-corrected chi connectivity index (χ0v) is 50.4. The first-order chi connectivity index (χ1) is 40.3. The molecule has 3 rings (SSSR count). The Kier molecular flexibility index (Phi) is 42.0. The number of nitrogens with one attached hydrogen (secondary N) is 1. The number of rotatable bonds is 47. The molecule has 0 bridgehead atoms. The molecular weight excluding hydrogens is 1070 g/mol. The number of amides is 1. The first-order valence-electron chi connectivity index (χ1n) is 32.0. The highest BCUT2D eigenvalue weighted by atomic mass is 16.8. The molecule has 1 amide bonds. The molecule has 0 aliphatic carbocycles. The van der Waals surface area contributed by atoms with E-state index in [1.807, 2.05) is 0 Å². The molecule has 3 saturated heterocycles. The Morgan fingerprint density at radius 3 is 1.30 bits per heavy atom. The van der Waals surface area contributed by atoms with Crippen molar-refractivity contribution in [1.82, 2.24) is 5.32 Å². The lowest BCUT2D eigenvalue weighted by Gasteiger charge is -2.48. The number of allylic oxidation sites excluding steroid dienone is 10. The van der Waals surface area contributed by atoms with E-state index in [9.17, 15) is 61.0 Å². The van der Waals surface area contributed by atoms with Crippen molar-refractivity contribution in [2.24, 2.45) is 0 Å². The highest BCUT2D eigenvalue weighted by molar-refractivity contribution is 5.76. The maximum absolute atomic E-state index is 13.4. The summed E-state index contributed by atoms with van der Waals surface area (Å²) >= 11 is 0. The number of hydrogen-bond acceptors (Lipinski definition) is 18. The predicted molar refractivity (Wildman–Crippen MR) is 318 cm³/mol. The maximum Gasteiger partial charge on any atom is 0.220 e. The number of ether oxygens (including phenoxy) is 6. The number of carbonyl (C=O) groups is 1. The molecule has 0 spiro atoms. The third kappa shape index (κ3) is 29.8. The molecular formula is C64H113NO18. The summed E-state index contributed by atoms with van der Waals surface area (Å²) in [4.78, 5) is 13.4. The largest absolute Gasteiger partial charge is 0.394 e. The minimum absolute atomic E-state index is 0.251. The first-order valence-corrected chi connectivity index (χ1v) is 32.0. The highest BCUT2D eigenvalue weighted by Gasteiger charge is 2.53. The van der Waals surface area contributed by atoms with Gasteiger partial charge in [0.05, 0.1) is 38.6 Å². The van der Waals surface area contributed by atoms with Gasteiger partial charge in [0.1, 0.15) is 73.2 Å². The van der Waals surface area contributed by atoms with Gasteiger partial charge in [0.25, 0.3) is 0 Å².